The van der Waals surface area contributed by atoms with Gasteiger partial charge in [-0.2, -0.15) is 5.10 Å². The number of hydrogen-bond donors (Lipinski definition) is 1. The lowest BCUT2D eigenvalue weighted by Gasteiger charge is -2.21. The smallest absolute Gasteiger partial charge is 0.115 e. The number of rotatable bonds is 4. The summed E-state index contributed by atoms with van der Waals surface area (Å²) in [6.07, 6.45) is 9.74. The Morgan fingerprint density at radius 3 is 3.10 bits per heavy atom. The number of nitrogens with one attached hydrogen (secondary N) is 1. The number of hydrogen-bond acceptors (Lipinski definition) is 3. The summed E-state index contributed by atoms with van der Waals surface area (Å²) in [4.78, 5) is 0. The maximum absolute atomic E-state index is 6.30. The first-order valence-electron chi connectivity index (χ1n) is 6.67. The van der Waals surface area contributed by atoms with Crippen molar-refractivity contribution in [2.75, 3.05) is 11.9 Å². The highest BCUT2D eigenvalue weighted by atomic mass is 35.5. The summed E-state index contributed by atoms with van der Waals surface area (Å²) in [5.74, 6) is 0. The average Bonchev–Trinajstić information content (AvgIpc) is 3.00. The van der Waals surface area contributed by atoms with E-state index in [1.165, 1.54) is 0 Å². The molecule has 0 spiro atoms. The predicted octanol–water partition coefficient (Wildman–Crippen LogP) is 3.63. The predicted molar refractivity (Wildman–Crippen MR) is 80.3 cm³/mol. The molecular formula is C15H16ClN3O. The van der Waals surface area contributed by atoms with Crippen molar-refractivity contribution < 1.29 is 4.74 Å². The van der Waals surface area contributed by atoms with E-state index >= 15 is 0 Å². The lowest BCUT2D eigenvalue weighted by atomic mass is 10.1. The van der Waals surface area contributed by atoms with Crippen molar-refractivity contribution in [2.24, 2.45) is 0 Å². The molecule has 5 heteroatoms. The third-order valence-corrected chi connectivity index (χ3v) is 3.57. The van der Waals surface area contributed by atoms with E-state index in [1.807, 2.05) is 36.5 Å². The van der Waals surface area contributed by atoms with Gasteiger partial charge in [-0.05, 0) is 37.1 Å². The largest absolute Gasteiger partial charge is 0.497 e. The van der Waals surface area contributed by atoms with Gasteiger partial charge in [-0.3, -0.25) is 0 Å². The SMILES string of the molecule is Clc1cccc(NCC2CCC=CO2)c1-n1cccn1. The summed E-state index contributed by atoms with van der Waals surface area (Å²) in [5, 5.41) is 8.33. The van der Waals surface area contributed by atoms with E-state index in [2.05, 4.69) is 10.4 Å². The zero-order valence-electron chi connectivity index (χ0n) is 11.0. The van der Waals surface area contributed by atoms with Gasteiger partial charge in [0.1, 0.15) is 11.8 Å². The second-order valence-corrected chi connectivity index (χ2v) is 5.08. The van der Waals surface area contributed by atoms with Gasteiger partial charge in [0, 0.05) is 12.4 Å². The molecule has 1 aromatic carbocycles. The van der Waals surface area contributed by atoms with Crippen molar-refractivity contribution in [3.8, 4) is 5.69 Å². The molecule has 0 radical (unpaired) electrons. The van der Waals surface area contributed by atoms with Crippen LogP contribution in [0.4, 0.5) is 5.69 Å². The summed E-state index contributed by atoms with van der Waals surface area (Å²) in [5.41, 5.74) is 1.82. The van der Waals surface area contributed by atoms with Gasteiger partial charge in [-0.15, -0.1) is 0 Å². The molecule has 1 aliphatic heterocycles. The number of nitrogens with zero attached hydrogens (tertiary/aromatic N) is 2. The maximum Gasteiger partial charge on any atom is 0.115 e. The van der Waals surface area contributed by atoms with Crippen LogP contribution in [-0.2, 0) is 4.74 Å². The zero-order chi connectivity index (χ0) is 13.8. The van der Waals surface area contributed by atoms with Crippen LogP contribution in [-0.4, -0.2) is 22.4 Å². The van der Waals surface area contributed by atoms with E-state index in [9.17, 15) is 0 Å². The summed E-state index contributed by atoms with van der Waals surface area (Å²) in [6.45, 7) is 0.749. The third kappa shape index (κ3) is 2.80. The summed E-state index contributed by atoms with van der Waals surface area (Å²) in [6, 6.07) is 7.67. The van der Waals surface area contributed by atoms with E-state index in [1.54, 1.807) is 17.1 Å². The molecule has 1 unspecified atom stereocenters. The van der Waals surface area contributed by atoms with Crippen molar-refractivity contribution in [1.82, 2.24) is 9.78 Å². The molecule has 3 rings (SSSR count). The van der Waals surface area contributed by atoms with Crippen LogP contribution < -0.4 is 5.32 Å². The normalized spacial score (nSPS) is 17.8. The van der Waals surface area contributed by atoms with Crippen LogP contribution in [0.15, 0.2) is 49.0 Å². The van der Waals surface area contributed by atoms with Crippen LogP contribution in [0.1, 0.15) is 12.8 Å². The summed E-state index contributed by atoms with van der Waals surface area (Å²) >= 11 is 6.30. The Morgan fingerprint density at radius 1 is 1.40 bits per heavy atom. The molecular weight excluding hydrogens is 274 g/mol. The highest BCUT2D eigenvalue weighted by Gasteiger charge is 2.13. The molecule has 1 N–H and O–H groups in total. The molecule has 0 bridgehead atoms. The topological polar surface area (TPSA) is 39.1 Å². The van der Waals surface area contributed by atoms with Crippen molar-refractivity contribution in [3.63, 3.8) is 0 Å². The Hall–Kier alpha value is -1.94. The van der Waals surface area contributed by atoms with E-state index in [0.717, 1.165) is 30.8 Å². The lowest BCUT2D eigenvalue weighted by Crippen LogP contribution is -2.23. The Kier molecular flexibility index (Phi) is 3.92. The number of allylic oxidation sites excluding steroid dienone is 1. The van der Waals surface area contributed by atoms with Crippen LogP contribution in [0.25, 0.3) is 5.69 Å². The first-order chi connectivity index (χ1) is 9.84. The summed E-state index contributed by atoms with van der Waals surface area (Å²) in [7, 11) is 0. The van der Waals surface area contributed by atoms with Gasteiger partial charge >= 0.3 is 0 Å². The molecule has 104 valence electrons. The van der Waals surface area contributed by atoms with E-state index in [-0.39, 0.29) is 6.10 Å². The van der Waals surface area contributed by atoms with Gasteiger partial charge in [0.25, 0.3) is 0 Å². The summed E-state index contributed by atoms with van der Waals surface area (Å²) < 4.78 is 7.33. The number of benzene rings is 1. The minimum Gasteiger partial charge on any atom is -0.497 e. The van der Waals surface area contributed by atoms with Crippen LogP contribution in [0.2, 0.25) is 5.02 Å². The van der Waals surface area contributed by atoms with Crippen molar-refractivity contribution in [3.05, 3.63) is 54.0 Å². The molecule has 0 amide bonds. The fraction of sp³-hybridized carbons (Fsp3) is 0.267. The van der Waals surface area contributed by atoms with Gasteiger partial charge in [-0.1, -0.05) is 17.7 Å². The standard InChI is InChI=1S/C15H16ClN3O/c16-13-6-3-7-14(15(13)19-9-4-8-18-19)17-11-12-5-1-2-10-20-12/h2-4,6-10,12,17H,1,5,11H2. The molecule has 2 aromatic rings. The van der Waals surface area contributed by atoms with E-state index in [0.29, 0.717) is 5.02 Å². The number of anilines is 1. The van der Waals surface area contributed by atoms with Crippen LogP contribution >= 0.6 is 11.6 Å². The minimum atomic E-state index is 0.199. The molecule has 1 aromatic heterocycles. The molecule has 2 heterocycles. The number of para-hydroxylation sites is 1. The van der Waals surface area contributed by atoms with Gasteiger partial charge in [0.05, 0.1) is 23.5 Å². The van der Waals surface area contributed by atoms with Gasteiger partial charge < -0.3 is 10.1 Å². The molecule has 1 aliphatic rings. The Bertz CT molecular complexity index is 595. The van der Waals surface area contributed by atoms with Crippen molar-refractivity contribution >= 4 is 17.3 Å². The number of aromatic nitrogens is 2. The van der Waals surface area contributed by atoms with Crippen LogP contribution in [0.5, 0.6) is 0 Å². The highest BCUT2D eigenvalue weighted by molar-refractivity contribution is 6.33. The first kappa shape index (κ1) is 13.1. The lowest BCUT2D eigenvalue weighted by molar-refractivity contribution is 0.135. The number of halogens is 1. The van der Waals surface area contributed by atoms with Crippen LogP contribution in [0.3, 0.4) is 0 Å². The van der Waals surface area contributed by atoms with Crippen molar-refractivity contribution in [2.45, 2.75) is 18.9 Å². The van der Waals surface area contributed by atoms with Gasteiger partial charge in [0.15, 0.2) is 0 Å². The second-order valence-electron chi connectivity index (χ2n) is 4.67. The maximum atomic E-state index is 6.30. The average molecular weight is 290 g/mol. The first-order valence-corrected chi connectivity index (χ1v) is 7.05. The molecule has 20 heavy (non-hydrogen) atoms. The van der Waals surface area contributed by atoms with Crippen LogP contribution in [0, 0.1) is 0 Å². The minimum absolute atomic E-state index is 0.199. The van der Waals surface area contributed by atoms with Gasteiger partial charge in [-0.25, -0.2) is 4.68 Å². The fourth-order valence-electron chi connectivity index (χ4n) is 2.25. The van der Waals surface area contributed by atoms with Gasteiger partial charge in [0.2, 0.25) is 0 Å². The fourth-order valence-corrected chi connectivity index (χ4v) is 2.51. The Morgan fingerprint density at radius 2 is 2.35 bits per heavy atom. The molecule has 4 nitrogen and oxygen atoms in total. The molecule has 0 saturated carbocycles. The quantitative estimate of drug-likeness (QED) is 0.934. The molecule has 1 atom stereocenters. The highest BCUT2D eigenvalue weighted by Crippen LogP contribution is 2.28. The second kappa shape index (κ2) is 6.01. The molecule has 0 saturated heterocycles. The van der Waals surface area contributed by atoms with Crippen molar-refractivity contribution in [1.29, 1.82) is 0 Å². The van der Waals surface area contributed by atoms with E-state index < -0.39 is 0 Å². The third-order valence-electron chi connectivity index (χ3n) is 3.26. The Labute approximate surface area is 123 Å². The van der Waals surface area contributed by atoms with E-state index in [4.69, 9.17) is 16.3 Å². The number of ether oxygens (including phenoxy) is 1. The Balaban J connectivity index is 1.79. The monoisotopic (exact) mass is 289 g/mol. The molecule has 0 aliphatic carbocycles. The zero-order valence-corrected chi connectivity index (χ0v) is 11.8. The molecule has 0 fully saturated rings.